The standard InChI is InChI=1S/C15H21ClN4/c1-11-12(9-18-19-11)8-17-10-15(20(2)3)13-6-4-5-7-14(13)16/h4-7,9,15,17H,8,10H2,1-3H3,(H,18,19)/t15-/m1/s1. The SMILES string of the molecule is Cc1[nH]ncc1CNC[C@H](c1ccccc1Cl)N(C)C. The molecule has 0 saturated heterocycles. The van der Waals surface area contributed by atoms with E-state index in [9.17, 15) is 0 Å². The first-order valence-electron chi connectivity index (χ1n) is 6.70. The first-order valence-corrected chi connectivity index (χ1v) is 7.07. The second-order valence-electron chi connectivity index (χ2n) is 5.15. The average Bonchev–Trinajstić information content (AvgIpc) is 2.81. The first kappa shape index (κ1) is 15.0. The van der Waals surface area contributed by atoms with Crippen LogP contribution in [0.3, 0.4) is 0 Å². The largest absolute Gasteiger partial charge is 0.311 e. The maximum Gasteiger partial charge on any atom is 0.0535 e. The number of H-pyrrole nitrogens is 1. The minimum atomic E-state index is 0.246. The molecule has 2 N–H and O–H groups in total. The molecule has 20 heavy (non-hydrogen) atoms. The fourth-order valence-corrected chi connectivity index (χ4v) is 2.48. The van der Waals surface area contributed by atoms with E-state index in [4.69, 9.17) is 11.6 Å². The van der Waals surface area contributed by atoms with Crippen molar-refractivity contribution in [1.82, 2.24) is 20.4 Å². The fourth-order valence-electron chi connectivity index (χ4n) is 2.21. The van der Waals surface area contributed by atoms with Gasteiger partial charge < -0.3 is 10.2 Å². The minimum absolute atomic E-state index is 0.246. The molecule has 0 aliphatic heterocycles. The number of aryl methyl sites for hydroxylation is 1. The molecule has 0 fully saturated rings. The predicted molar refractivity (Wildman–Crippen MR) is 82.9 cm³/mol. The molecule has 0 unspecified atom stereocenters. The van der Waals surface area contributed by atoms with E-state index >= 15 is 0 Å². The molecule has 1 heterocycles. The highest BCUT2D eigenvalue weighted by atomic mass is 35.5. The summed E-state index contributed by atoms with van der Waals surface area (Å²) in [7, 11) is 4.14. The van der Waals surface area contributed by atoms with Crippen molar-refractivity contribution in [2.24, 2.45) is 0 Å². The van der Waals surface area contributed by atoms with E-state index in [0.717, 1.165) is 29.4 Å². The molecule has 0 aliphatic rings. The Balaban J connectivity index is 2.00. The van der Waals surface area contributed by atoms with E-state index < -0.39 is 0 Å². The van der Waals surface area contributed by atoms with E-state index in [2.05, 4.69) is 40.6 Å². The molecule has 108 valence electrons. The number of nitrogens with one attached hydrogen (secondary N) is 2. The van der Waals surface area contributed by atoms with Crippen molar-refractivity contribution < 1.29 is 0 Å². The van der Waals surface area contributed by atoms with Crippen LogP contribution in [0.5, 0.6) is 0 Å². The quantitative estimate of drug-likeness (QED) is 0.860. The van der Waals surface area contributed by atoms with Gasteiger partial charge in [0.05, 0.1) is 6.20 Å². The third-order valence-corrected chi connectivity index (χ3v) is 3.82. The summed E-state index contributed by atoms with van der Waals surface area (Å²) in [4.78, 5) is 2.18. The summed E-state index contributed by atoms with van der Waals surface area (Å²) in [6.45, 7) is 3.67. The van der Waals surface area contributed by atoms with E-state index in [1.165, 1.54) is 5.56 Å². The Bertz CT molecular complexity index is 550. The highest BCUT2D eigenvalue weighted by Gasteiger charge is 2.16. The van der Waals surface area contributed by atoms with Gasteiger partial charge in [-0.3, -0.25) is 5.10 Å². The zero-order valence-electron chi connectivity index (χ0n) is 12.2. The zero-order valence-corrected chi connectivity index (χ0v) is 12.9. The lowest BCUT2D eigenvalue weighted by atomic mass is 10.1. The second kappa shape index (κ2) is 6.88. The van der Waals surface area contributed by atoms with E-state index in [1.54, 1.807) is 0 Å². The van der Waals surface area contributed by atoms with Crippen LogP contribution < -0.4 is 5.32 Å². The Morgan fingerprint density at radius 1 is 1.35 bits per heavy atom. The molecule has 4 nitrogen and oxygen atoms in total. The summed E-state index contributed by atoms with van der Waals surface area (Å²) in [5.41, 5.74) is 3.45. The van der Waals surface area contributed by atoms with Crippen molar-refractivity contribution in [2.45, 2.75) is 19.5 Å². The first-order chi connectivity index (χ1) is 9.59. The van der Waals surface area contributed by atoms with E-state index in [1.807, 2.05) is 31.3 Å². The van der Waals surface area contributed by atoms with Crippen LogP contribution >= 0.6 is 11.6 Å². The van der Waals surface area contributed by atoms with E-state index in [-0.39, 0.29) is 6.04 Å². The van der Waals surface area contributed by atoms with Gasteiger partial charge in [0, 0.05) is 35.4 Å². The van der Waals surface area contributed by atoms with Crippen LogP contribution in [-0.2, 0) is 6.54 Å². The summed E-state index contributed by atoms with van der Waals surface area (Å²) in [5, 5.41) is 11.3. The van der Waals surface area contributed by atoms with Gasteiger partial charge in [-0.2, -0.15) is 5.10 Å². The maximum absolute atomic E-state index is 6.30. The third kappa shape index (κ3) is 3.60. The number of halogens is 1. The zero-order chi connectivity index (χ0) is 14.5. The Hall–Kier alpha value is -1.36. The summed E-state index contributed by atoms with van der Waals surface area (Å²) in [5.74, 6) is 0. The summed E-state index contributed by atoms with van der Waals surface area (Å²) >= 11 is 6.30. The molecule has 2 rings (SSSR count). The van der Waals surface area contributed by atoms with Gasteiger partial charge in [0.15, 0.2) is 0 Å². The molecule has 0 saturated carbocycles. The van der Waals surface area contributed by atoms with Crippen LogP contribution in [-0.4, -0.2) is 35.7 Å². The monoisotopic (exact) mass is 292 g/mol. The number of rotatable bonds is 6. The highest BCUT2D eigenvalue weighted by Crippen LogP contribution is 2.25. The topological polar surface area (TPSA) is 44.0 Å². The number of aromatic nitrogens is 2. The maximum atomic E-state index is 6.30. The molecular formula is C15H21ClN4. The molecule has 0 bridgehead atoms. The summed E-state index contributed by atoms with van der Waals surface area (Å²) < 4.78 is 0. The van der Waals surface area contributed by atoms with Crippen LogP contribution in [0.25, 0.3) is 0 Å². The number of nitrogens with zero attached hydrogens (tertiary/aromatic N) is 2. The number of aromatic amines is 1. The number of hydrogen-bond acceptors (Lipinski definition) is 3. The lowest BCUT2D eigenvalue weighted by molar-refractivity contribution is 0.288. The van der Waals surface area contributed by atoms with E-state index in [0.29, 0.717) is 0 Å². The molecule has 1 aromatic heterocycles. The normalized spacial score (nSPS) is 12.8. The number of likely N-dealkylation sites (N-methyl/N-ethyl adjacent to an activating group) is 1. The molecule has 2 aromatic rings. The average molecular weight is 293 g/mol. The predicted octanol–water partition coefficient (Wildman–Crippen LogP) is 2.76. The van der Waals surface area contributed by atoms with Crippen LogP contribution in [0.2, 0.25) is 5.02 Å². The van der Waals surface area contributed by atoms with Gasteiger partial charge in [0.25, 0.3) is 0 Å². The van der Waals surface area contributed by atoms with Gasteiger partial charge in [-0.05, 0) is 32.6 Å². The Labute approximate surface area is 125 Å². The van der Waals surface area contributed by atoms with Gasteiger partial charge in [0.1, 0.15) is 0 Å². The highest BCUT2D eigenvalue weighted by molar-refractivity contribution is 6.31. The van der Waals surface area contributed by atoms with Crippen LogP contribution in [0.15, 0.2) is 30.5 Å². The van der Waals surface area contributed by atoms with Gasteiger partial charge in [-0.15, -0.1) is 0 Å². The minimum Gasteiger partial charge on any atom is -0.311 e. The Kier molecular flexibility index (Phi) is 5.17. The van der Waals surface area contributed by atoms with Crippen molar-refractivity contribution in [1.29, 1.82) is 0 Å². The van der Waals surface area contributed by atoms with Gasteiger partial charge in [-0.25, -0.2) is 0 Å². The molecule has 0 spiro atoms. The second-order valence-corrected chi connectivity index (χ2v) is 5.56. The lowest BCUT2D eigenvalue weighted by Crippen LogP contribution is -2.31. The Morgan fingerprint density at radius 3 is 2.70 bits per heavy atom. The smallest absolute Gasteiger partial charge is 0.0535 e. The van der Waals surface area contributed by atoms with Crippen molar-refractivity contribution in [3.8, 4) is 0 Å². The van der Waals surface area contributed by atoms with Crippen molar-refractivity contribution >= 4 is 11.6 Å². The summed E-state index contributed by atoms with van der Waals surface area (Å²) in [6, 6.07) is 8.25. The molecule has 0 radical (unpaired) electrons. The lowest BCUT2D eigenvalue weighted by Gasteiger charge is -2.26. The van der Waals surface area contributed by atoms with Crippen molar-refractivity contribution in [2.75, 3.05) is 20.6 Å². The molecular weight excluding hydrogens is 272 g/mol. The van der Waals surface area contributed by atoms with Gasteiger partial charge >= 0.3 is 0 Å². The van der Waals surface area contributed by atoms with Gasteiger partial charge in [0.2, 0.25) is 0 Å². The van der Waals surface area contributed by atoms with Crippen LogP contribution in [0.4, 0.5) is 0 Å². The molecule has 0 aliphatic carbocycles. The molecule has 5 heteroatoms. The van der Waals surface area contributed by atoms with Crippen LogP contribution in [0, 0.1) is 6.92 Å². The molecule has 1 aromatic carbocycles. The fraction of sp³-hybridized carbons (Fsp3) is 0.400. The number of hydrogen-bond donors (Lipinski definition) is 2. The van der Waals surface area contributed by atoms with Gasteiger partial charge in [-0.1, -0.05) is 29.8 Å². The van der Waals surface area contributed by atoms with Crippen molar-refractivity contribution in [3.63, 3.8) is 0 Å². The Morgan fingerprint density at radius 2 is 2.10 bits per heavy atom. The third-order valence-electron chi connectivity index (χ3n) is 3.48. The van der Waals surface area contributed by atoms with Crippen molar-refractivity contribution in [3.05, 3.63) is 52.3 Å². The van der Waals surface area contributed by atoms with Crippen LogP contribution in [0.1, 0.15) is 22.9 Å². The molecule has 0 amide bonds. The summed E-state index contributed by atoms with van der Waals surface area (Å²) in [6.07, 6.45) is 1.86. The molecule has 1 atom stereocenters. The number of benzene rings is 1.